The van der Waals surface area contributed by atoms with E-state index in [-0.39, 0.29) is 0 Å². The standard InChI is InChI=1S/C18H23N/c1-13-6-4-11-16(13)18(19)12-15-9-5-8-14-7-2-3-10-17(14)15/h2-3,5,7-10,13,16,18H,4,6,11-12,19H2,1H3. The Morgan fingerprint density at radius 1 is 1.11 bits per heavy atom. The summed E-state index contributed by atoms with van der Waals surface area (Å²) in [6.07, 6.45) is 5.03. The molecule has 2 aromatic rings. The molecule has 0 aromatic heterocycles. The van der Waals surface area contributed by atoms with Crippen molar-refractivity contribution >= 4 is 10.8 Å². The highest BCUT2D eigenvalue weighted by atomic mass is 14.7. The topological polar surface area (TPSA) is 26.0 Å². The Labute approximate surface area is 115 Å². The van der Waals surface area contributed by atoms with Gasteiger partial charge in [-0.3, -0.25) is 0 Å². The lowest BCUT2D eigenvalue weighted by Crippen LogP contribution is -2.33. The van der Waals surface area contributed by atoms with Crippen molar-refractivity contribution in [3.8, 4) is 0 Å². The fraction of sp³-hybridized carbons (Fsp3) is 0.444. The molecule has 0 amide bonds. The van der Waals surface area contributed by atoms with Crippen molar-refractivity contribution in [3.63, 3.8) is 0 Å². The van der Waals surface area contributed by atoms with E-state index >= 15 is 0 Å². The van der Waals surface area contributed by atoms with Crippen LogP contribution in [0.1, 0.15) is 31.7 Å². The first-order valence-corrected chi connectivity index (χ1v) is 7.48. The van der Waals surface area contributed by atoms with Crippen molar-refractivity contribution in [1.29, 1.82) is 0 Å². The minimum absolute atomic E-state index is 0.309. The van der Waals surface area contributed by atoms with Gasteiger partial charge in [-0.1, -0.05) is 62.2 Å². The van der Waals surface area contributed by atoms with Crippen LogP contribution in [0.5, 0.6) is 0 Å². The monoisotopic (exact) mass is 253 g/mol. The summed E-state index contributed by atoms with van der Waals surface area (Å²) in [6.45, 7) is 2.36. The molecule has 0 spiro atoms. The Morgan fingerprint density at radius 3 is 2.68 bits per heavy atom. The normalized spacial score (nSPS) is 24.7. The van der Waals surface area contributed by atoms with Crippen LogP contribution in [0.15, 0.2) is 42.5 Å². The van der Waals surface area contributed by atoms with Crippen molar-refractivity contribution in [2.45, 2.75) is 38.6 Å². The lowest BCUT2D eigenvalue weighted by Gasteiger charge is -2.23. The van der Waals surface area contributed by atoms with E-state index in [1.165, 1.54) is 35.6 Å². The van der Waals surface area contributed by atoms with Gasteiger partial charge in [0.05, 0.1) is 0 Å². The summed E-state index contributed by atoms with van der Waals surface area (Å²) < 4.78 is 0. The van der Waals surface area contributed by atoms with Crippen LogP contribution in [0, 0.1) is 11.8 Å². The maximum absolute atomic E-state index is 6.49. The first-order chi connectivity index (χ1) is 9.25. The first kappa shape index (κ1) is 12.7. The van der Waals surface area contributed by atoms with Crippen molar-refractivity contribution in [3.05, 3.63) is 48.0 Å². The zero-order valence-corrected chi connectivity index (χ0v) is 11.7. The van der Waals surface area contributed by atoms with E-state index in [4.69, 9.17) is 5.73 Å². The molecule has 0 aliphatic heterocycles. The number of benzene rings is 2. The number of hydrogen-bond donors (Lipinski definition) is 1. The summed E-state index contributed by atoms with van der Waals surface area (Å²) in [5.41, 5.74) is 7.90. The van der Waals surface area contributed by atoms with Gasteiger partial charge in [0.1, 0.15) is 0 Å². The van der Waals surface area contributed by atoms with Gasteiger partial charge < -0.3 is 5.73 Å². The second-order valence-corrected chi connectivity index (χ2v) is 6.08. The molecule has 1 heteroatoms. The fourth-order valence-corrected chi connectivity index (χ4v) is 3.69. The molecule has 1 nitrogen and oxygen atoms in total. The summed E-state index contributed by atoms with van der Waals surface area (Å²) in [7, 11) is 0. The van der Waals surface area contributed by atoms with Crippen LogP contribution < -0.4 is 5.73 Å². The molecule has 0 radical (unpaired) electrons. The summed E-state index contributed by atoms with van der Waals surface area (Å²) in [5, 5.41) is 2.69. The highest BCUT2D eigenvalue weighted by Crippen LogP contribution is 2.34. The third-order valence-electron chi connectivity index (χ3n) is 4.81. The van der Waals surface area contributed by atoms with E-state index in [2.05, 4.69) is 49.4 Å². The molecular weight excluding hydrogens is 230 g/mol. The van der Waals surface area contributed by atoms with Crippen molar-refractivity contribution in [2.75, 3.05) is 0 Å². The van der Waals surface area contributed by atoms with Crippen LogP contribution in [0.25, 0.3) is 10.8 Å². The van der Waals surface area contributed by atoms with E-state index in [9.17, 15) is 0 Å². The molecule has 2 N–H and O–H groups in total. The number of rotatable bonds is 3. The molecule has 3 atom stereocenters. The fourth-order valence-electron chi connectivity index (χ4n) is 3.69. The molecule has 1 aliphatic carbocycles. The van der Waals surface area contributed by atoms with Crippen LogP contribution >= 0.6 is 0 Å². The first-order valence-electron chi connectivity index (χ1n) is 7.48. The quantitative estimate of drug-likeness (QED) is 0.874. The van der Waals surface area contributed by atoms with Gasteiger partial charge in [-0.15, -0.1) is 0 Å². The molecular formula is C18H23N. The van der Waals surface area contributed by atoms with Crippen LogP contribution in [-0.4, -0.2) is 6.04 Å². The zero-order valence-electron chi connectivity index (χ0n) is 11.7. The number of nitrogens with two attached hydrogens (primary N) is 1. The molecule has 1 saturated carbocycles. The predicted octanol–water partition coefficient (Wildman–Crippen LogP) is 4.15. The molecule has 100 valence electrons. The van der Waals surface area contributed by atoms with E-state index < -0.39 is 0 Å². The largest absolute Gasteiger partial charge is 0.327 e. The van der Waals surface area contributed by atoms with E-state index in [1.54, 1.807) is 0 Å². The van der Waals surface area contributed by atoms with E-state index in [0.717, 1.165) is 12.3 Å². The van der Waals surface area contributed by atoms with Crippen molar-refractivity contribution < 1.29 is 0 Å². The summed E-state index contributed by atoms with van der Waals surface area (Å²) in [6, 6.07) is 15.5. The molecule has 1 aliphatic rings. The van der Waals surface area contributed by atoms with Crippen LogP contribution in [-0.2, 0) is 6.42 Å². The Balaban J connectivity index is 1.85. The third-order valence-corrected chi connectivity index (χ3v) is 4.81. The highest BCUT2D eigenvalue weighted by molar-refractivity contribution is 5.85. The van der Waals surface area contributed by atoms with Crippen LogP contribution in [0.4, 0.5) is 0 Å². The molecule has 3 unspecified atom stereocenters. The SMILES string of the molecule is CC1CCCC1C(N)Cc1cccc2ccccc12. The lowest BCUT2D eigenvalue weighted by atomic mass is 9.86. The second kappa shape index (κ2) is 5.34. The Kier molecular flexibility index (Phi) is 3.56. The molecule has 1 fully saturated rings. The second-order valence-electron chi connectivity index (χ2n) is 6.08. The van der Waals surface area contributed by atoms with Crippen LogP contribution in [0.3, 0.4) is 0 Å². The summed E-state index contributed by atoms with van der Waals surface area (Å²) in [4.78, 5) is 0. The van der Waals surface area contributed by atoms with Crippen LogP contribution in [0.2, 0.25) is 0 Å². The molecule has 0 saturated heterocycles. The van der Waals surface area contributed by atoms with Gasteiger partial charge >= 0.3 is 0 Å². The molecule has 3 rings (SSSR count). The average Bonchev–Trinajstić information content (AvgIpc) is 2.85. The van der Waals surface area contributed by atoms with Crippen molar-refractivity contribution in [2.24, 2.45) is 17.6 Å². The van der Waals surface area contributed by atoms with Gasteiger partial charge in [-0.05, 0) is 41.0 Å². The minimum atomic E-state index is 0.309. The summed E-state index contributed by atoms with van der Waals surface area (Å²) in [5.74, 6) is 1.50. The van der Waals surface area contributed by atoms with Gasteiger partial charge in [0, 0.05) is 6.04 Å². The van der Waals surface area contributed by atoms with E-state index in [0.29, 0.717) is 12.0 Å². The van der Waals surface area contributed by atoms with Gasteiger partial charge in [-0.25, -0.2) is 0 Å². The Bertz CT molecular complexity index is 555. The van der Waals surface area contributed by atoms with Gasteiger partial charge in [-0.2, -0.15) is 0 Å². The summed E-state index contributed by atoms with van der Waals surface area (Å²) >= 11 is 0. The Morgan fingerprint density at radius 2 is 1.89 bits per heavy atom. The minimum Gasteiger partial charge on any atom is -0.327 e. The lowest BCUT2D eigenvalue weighted by molar-refractivity contribution is 0.343. The molecule has 0 heterocycles. The smallest absolute Gasteiger partial charge is 0.0111 e. The maximum Gasteiger partial charge on any atom is 0.0111 e. The van der Waals surface area contributed by atoms with Gasteiger partial charge in [0.25, 0.3) is 0 Å². The van der Waals surface area contributed by atoms with Crippen molar-refractivity contribution in [1.82, 2.24) is 0 Å². The molecule has 19 heavy (non-hydrogen) atoms. The number of fused-ring (bicyclic) bond motifs is 1. The van der Waals surface area contributed by atoms with E-state index in [1.807, 2.05) is 0 Å². The predicted molar refractivity (Wildman–Crippen MR) is 82.1 cm³/mol. The molecule has 0 bridgehead atoms. The zero-order chi connectivity index (χ0) is 13.2. The maximum atomic E-state index is 6.49. The number of hydrogen-bond acceptors (Lipinski definition) is 1. The van der Waals surface area contributed by atoms with Gasteiger partial charge in [0.2, 0.25) is 0 Å². The third kappa shape index (κ3) is 2.52. The van der Waals surface area contributed by atoms with Gasteiger partial charge in [0.15, 0.2) is 0 Å². The Hall–Kier alpha value is -1.34. The highest BCUT2D eigenvalue weighted by Gasteiger charge is 2.28. The average molecular weight is 253 g/mol. The molecule has 2 aromatic carbocycles.